The van der Waals surface area contributed by atoms with Gasteiger partial charge in [0.1, 0.15) is 5.15 Å². The summed E-state index contributed by atoms with van der Waals surface area (Å²) in [6, 6.07) is 3.14. The van der Waals surface area contributed by atoms with Crippen molar-refractivity contribution in [1.82, 2.24) is 4.98 Å². The van der Waals surface area contributed by atoms with Crippen LogP contribution in [0.5, 0.6) is 0 Å². The minimum atomic E-state index is -0.430. The first kappa shape index (κ1) is 13.0. The Hall–Kier alpha value is -1.40. The van der Waals surface area contributed by atoms with E-state index in [0.29, 0.717) is 25.0 Å². The fraction of sp³-hybridized carbons (Fsp3) is 0.545. The summed E-state index contributed by atoms with van der Waals surface area (Å²) in [4.78, 5) is 16.6. The van der Waals surface area contributed by atoms with E-state index in [1.54, 1.807) is 7.11 Å². The highest BCUT2D eigenvalue weighted by Crippen LogP contribution is 2.35. The van der Waals surface area contributed by atoms with Gasteiger partial charge in [0.25, 0.3) is 0 Å². The highest BCUT2D eigenvalue weighted by Gasteiger charge is 2.33. The van der Waals surface area contributed by atoms with Crippen LogP contribution in [0.15, 0.2) is 12.1 Å². The van der Waals surface area contributed by atoms with Crippen LogP contribution in [0.25, 0.3) is 0 Å². The number of pyridine rings is 1. The highest BCUT2D eigenvalue weighted by molar-refractivity contribution is 6.29. The lowest BCUT2D eigenvalue weighted by atomic mass is 10.3. The molecule has 0 amide bonds. The van der Waals surface area contributed by atoms with E-state index in [0.717, 1.165) is 12.8 Å². The van der Waals surface area contributed by atoms with Crippen LogP contribution in [0.3, 0.4) is 0 Å². The summed E-state index contributed by atoms with van der Waals surface area (Å²) in [6.45, 7) is 1.08. The second-order valence-corrected chi connectivity index (χ2v) is 4.54. The molecule has 0 radical (unpaired) electrons. The number of hydrogen-bond donors (Lipinski definition) is 0. The molecular weight excluding hydrogens is 258 g/mol. The third-order valence-corrected chi connectivity index (χ3v) is 3.02. The Labute approximate surface area is 110 Å². The standard InChI is InChI=1S/C11H14ClN3O3/c1-18-7-6-14(8-2-3-8)11-9(15(16)17)4-5-10(12)13-11/h4-5,8H,2-3,6-7H2,1H3. The van der Waals surface area contributed by atoms with Crippen molar-refractivity contribution in [3.05, 3.63) is 27.4 Å². The number of ether oxygens (including phenoxy) is 1. The molecule has 1 aromatic rings. The molecule has 0 bridgehead atoms. The average molecular weight is 272 g/mol. The highest BCUT2D eigenvalue weighted by atomic mass is 35.5. The van der Waals surface area contributed by atoms with Crippen molar-refractivity contribution < 1.29 is 9.66 Å². The van der Waals surface area contributed by atoms with Gasteiger partial charge in [0, 0.05) is 25.8 Å². The van der Waals surface area contributed by atoms with Gasteiger partial charge >= 0.3 is 5.69 Å². The van der Waals surface area contributed by atoms with Gasteiger partial charge in [-0.2, -0.15) is 0 Å². The fourth-order valence-corrected chi connectivity index (χ4v) is 1.95. The maximum atomic E-state index is 11.0. The van der Waals surface area contributed by atoms with Crippen molar-refractivity contribution in [3.63, 3.8) is 0 Å². The molecule has 0 spiro atoms. The first-order valence-corrected chi connectivity index (χ1v) is 6.08. The van der Waals surface area contributed by atoms with Crippen molar-refractivity contribution in [3.8, 4) is 0 Å². The zero-order valence-corrected chi connectivity index (χ0v) is 10.8. The Morgan fingerprint density at radius 2 is 2.33 bits per heavy atom. The van der Waals surface area contributed by atoms with Crippen molar-refractivity contribution in [2.75, 3.05) is 25.2 Å². The minimum Gasteiger partial charge on any atom is -0.383 e. The summed E-state index contributed by atoms with van der Waals surface area (Å²) < 4.78 is 5.03. The lowest BCUT2D eigenvalue weighted by Gasteiger charge is -2.22. The zero-order valence-electron chi connectivity index (χ0n) is 10.0. The number of nitrogens with zero attached hydrogens (tertiary/aromatic N) is 3. The lowest BCUT2D eigenvalue weighted by molar-refractivity contribution is -0.384. The van der Waals surface area contributed by atoms with Crippen molar-refractivity contribution in [1.29, 1.82) is 0 Å². The molecule has 1 aromatic heterocycles. The van der Waals surface area contributed by atoms with Crippen LogP contribution in [0.4, 0.5) is 11.5 Å². The fourth-order valence-electron chi connectivity index (χ4n) is 1.81. The summed E-state index contributed by atoms with van der Waals surface area (Å²) >= 11 is 5.83. The smallest absolute Gasteiger partial charge is 0.311 e. The molecule has 0 aromatic carbocycles. The molecule has 0 saturated heterocycles. The van der Waals surface area contributed by atoms with Crippen LogP contribution >= 0.6 is 11.6 Å². The van der Waals surface area contributed by atoms with E-state index in [-0.39, 0.29) is 10.8 Å². The van der Waals surface area contributed by atoms with E-state index in [1.165, 1.54) is 12.1 Å². The molecule has 1 heterocycles. The SMILES string of the molecule is COCCN(c1nc(Cl)ccc1[N+](=O)[O-])C1CC1. The molecule has 7 heteroatoms. The molecule has 1 fully saturated rings. The monoisotopic (exact) mass is 271 g/mol. The van der Waals surface area contributed by atoms with Crippen molar-refractivity contribution in [2.45, 2.75) is 18.9 Å². The number of anilines is 1. The molecule has 1 aliphatic rings. The molecule has 0 N–H and O–H groups in total. The summed E-state index contributed by atoms with van der Waals surface area (Å²) in [7, 11) is 1.60. The predicted octanol–water partition coefficient (Wildman–Crippen LogP) is 2.26. The van der Waals surface area contributed by atoms with Crippen LogP contribution in [-0.2, 0) is 4.74 Å². The zero-order chi connectivity index (χ0) is 13.1. The van der Waals surface area contributed by atoms with Gasteiger partial charge in [-0.15, -0.1) is 0 Å². The first-order chi connectivity index (χ1) is 8.63. The van der Waals surface area contributed by atoms with E-state index in [2.05, 4.69) is 4.98 Å². The second-order valence-electron chi connectivity index (χ2n) is 4.15. The topological polar surface area (TPSA) is 68.5 Å². The van der Waals surface area contributed by atoms with Gasteiger partial charge in [-0.25, -0.2) is 4.98 Å². The molecule has 0 aliphatic heterocycles. The van der Waals surface area contributed by atoms with Crippen LogP contribution < -0.4 is 4.90 Å². The Bertz CT molecular complexity index is 451. The van der Waals surface area contributed by atoms with Crippen LogP contribution in [-0.4, -0.2) is 36.2 Å². The summed E-state index contributed by atoms with van der Waals surface area (Å²) in [5, 5.41) is 11.3. The molecule has 98 valence electrons. The Morgan fingerprint density at radius 3 is 2.89 bits per heavy atom. The number of halogens is 1. The van der Waals surface area contributed by atoms with E-state index in [1.807, 2.05) is 4.90 Å². The molecular formula is C11H14ClN3O3. The third kappa shape index (κ3) is 2.88. The maximum Gasteiger partial charge on any atom is 0.311 e. The number of hydrogen-bond acceptors (Lipinski definition) is 5. The van der Waals surface area contributed by atoms with Crippen LogP contribution in [0, 0.1) is 10.1 Å². The van der Waals surface area contributed by atoms with Gasteiger partial charge in [-0.05, 0) is 18.9 Å². The van der Waals surface area contributed by atoms with E-state index in [4.69, 9.17) is 16.3 Å². The van der Waals surface area contributed by atoms with Gasteiger partial charge in [-0.1, -0.05) is 11.6 Å². The summed E-state index contributed by atoms with van der Waals surface area (Å²) in [5.74, 6) is 0.340. The quantitative estimate of drug-likeness (QED) is 0.451. The number of methoxy groups -OCH3 is 1. The van der Waals surface area contributed by atoms with Crippen LogP contribution in [0.1, 0.15) is 12.8 Å². The average Bonchev–Trinajstić information content (AvgIpc) is 3.13. The van der Waals surface area contributed by atoms with Crippen molar-refractivity contribution >= 4 is 23.1 Å². The largest absolute Gasteiger partial charge is 0.383 e. The molecule has 0 unspecified atom stereocenters. The predicted molar refractivity (Wildman–Crippen MR) is 68.1 cm³/mol. The number of aromatic nitrogens is 1. The molecule has 0 atom stereocenters. The Kier molecular flexibility index (Phi) is 3.98. The second kappa shape index (κ2) is 5.49. The van der Waals surface area contributed by atoms with Gasteiger partial charge in [0.2, 0.25) is 5.82 Å². The van der Waals surface area contributed by atoms with E-state index in [9.17, 15) is 10.1 Å². The first-order valence-electron chi connectivity index (χ1n) is 5.70. The van der Waals surface area contributed by atoms with Gasteiger partial charge in [0.05, 0.1) is 11.5 Å². The van der Waals surface area contributed by atoms with Gasteiger partial charge in [0.15, 0.2) is 0 Å². The van der Waals surface area contributed by atoms with E-state index >= 15 is 0 Å². The Morgan fingerprint density at radius 1 is 1.61 bits per heavy atom. The normalized spacial score (nSPS) is 14.6. The molecule has 1 aliphatic carbocycles. The number of rotatable bonds is 6. The lowest BCUT2D eigenvalue weighted by Crippen LogP contribution is -2.30. The summed E-state index contributed by atoms with van der Waals surface area (Å²) in [6.07, 6.45) is 2.05. The summed E-state index contributed by atoms with van der Waals surface area (Å²) in [5.41, 5.74) is -0.0117. The molecule has 2 rings (SSSR count). The van der Waals surface area contributed by atoms with Gasteiger partial charge in [-0.3, -0.25) is 10.1 Å². The minimum absolute atomic E-state index is 0.0117. The molecule has 6 nitrogen and oxygen atoms in total. The van der Waals surface area contributed by atoms with Crippen molar-refractivity contribution in [2.24, 2.45) is 0 Å². The van der Waals surface area contributed by atoms with Crippen LogP contribution in [0.2, 0.25) is 5.15 Å². The third-order valence-electron chi connectivity index (χ3n) is 2.81. The number of nitro groups is 1. The molecule has 18 heavy (non-hydrogen) atoms. The Balaban J connectivity index is 2.32. The molecule has 1 saturated carbocycles. The van der Waals surface area contributed by atoms with E-state index < -0.39 is 4.92 Å². The maximum absolute atomic E-state index is 11.0. The van der Waals surface area contributed by atoms with Gasteiger partial charge < -0.3 is 9.64 Å².